The van der Waals surface area contributed by atoms with Crippen molar-refractivity contribution in [2.24, 2.45) is 5.92 Å². The highest BCUT2D eigenvalue weighted by molar-refractivity contribution is 5.42. The van der Waals surface area contributed by atoms with Gasteiger partial charge >= 0.3 is 0 Å². The molecule has 6 nitrogen and oxygen atoms in total. The van der Waals surface area contributed by atoms with E-state index in [1.807, 2.05) is 43.3 Å². The van der Waals surface area contributed by atoms with E-state index in [1.165, 1.54) is 0 Å². The molecule has 152 valence electrons. The molecule has 28 heavy (non-hydrogen) atoms. The Morgan fingerprint density at radius 1 is 0.964 bits per heavy atom. The number of ether oxygens (including phenoxy) is 2. The minimum Gasteiger partial charge on any atom is -0.496 e. The van der Waals surface area contributed by atoms with Crippen molar-refractivity contribution in [1.82, 2.24) is 0 Å². The van der Waals surface area contributed by atoms with Crippen molar-refractivity contribution in [3.05, 3.63) is 59.2 Å². The first kappa shape index (κ1) is 20.6. The summed E-state index contributed by atoms with van der Waals surface area (Å²) in [7, 11) is 1.64. The zero-order valence-corrected chi connectivity index (χ0v) is 16.2. The molecule has 0 spiro atoms. The van der Waals surface area contributed by atoms with Gasteiger partial charge in [0, 0.05) is 18.9 Å². The predicted molar refractivity (Wildman–Crippen MR) is 105 cm³/mol. The SMILES string of the molecule is COc1ccc(Cc2ccccc2O[C@@H]2C[C@H](CO)[C@@H](O)[C@H](O)[C@H]2O)cc1C. The van der Waals surface area contributed by atoms with E-state index in [9.17, 15) is 20.4 Å². The van der Waals surface area contributed by atoms with Gasteiger partial charge in [-0.1, -0.05) is 30.3 Å². The molecule has 1 fully saturated rings. The number of aliphatic hydroxyl groups is 4. The summed E-state index contributed by atoms with van der Waals surface area (Å²) < 4.78 is 11.3. The van der Waals surface area contributed by atoms with Crippen LogP contribution in [0.2, 0.25) is 0 Å². The molecular weight excluding hydrogens is 360 g/mol. The minimum atomic E-state index is -1.35. The molecule has 0 aliphatic heterocycles. The lowest BCUT2D eigenvalue weighted by Crippen LogP contribution is -2.56. The minimum absolute atomic E-state index is 0.256. The molecule has 0 amide bonds. The molecule has 0 unspecified atom stereocenters. The van der Waals surface area contributed by atoms with Crippen LogP contribution < -0.4 is 9.47 Å². The van der Waals surface area contributed by atoms with E-state index in [0.717, 1.165) is 22.4 Å². The second-order valence-electron chi connectivity index (χ2n) is 7.39. The Morgan fingerprint density at radius 3 is 2.39 bits per heavy atom. The number of methoxy groups -OCH3 is 1. The van der Waals surface area contributed by atoms with Crippen LogP contribution in [0.3, 0.4) is 0 Å². The van der Waals surface area contributed by atoms with Crippen LogP contribution in [-0.4, -0.2) is 58.6 Å². The lowest BCUT2D eigenvalue weighted by molar-refractivity contribution is -0.157. The zero-order chi connectivity index (χ0) is 20.3. The Morgan fingerprint density at radius 2 is 1.71 bits per heavy atom. The quantitative estimate of drug-likeness (QED) is 0.598. The fraction of sp³-hybridized carbons (Fsp3) is 0.455. The molecule has 3 rings (SSSR count). The standard InChI is InChI=1S/C22H28O6/c1-13-9-14(7-8-17(13)27-2)10-15-5-3-4-6-18(15)28-19-11-16(12-23)20(24)22(26)21(19)25/h3-9,16,19-26H,10-12H2,1-2H3/t16-,19-,20-,21+,22+/m1/s1. The molecule has 4 N–H and O–H groups in total. The highest BCUT2D eigenvalue weighted by atomic mass is 16.5. The maximum Gasteiger partial charge on any atom is 0.128 e. The highest BCUT2D eigenvalue weighted by Gasteiger charge is 2.43. The highest BCUT2D eigenvalue weighted by Crippen LogP contribution is 2.31. The average molecular weight is 388 g/mol. The molecule has 2 aromatic carbocycles. The van der Waals surface area contributed by atoms with Crippen molar-refractivity contribution in [2.45, 2.75) is 44.2 Å². The van der Waals surface area contributed by atoms with E-state index >= 15 is 0 Å². The third-order valence-corrected chi connectivity index (χ3v) is 5.44. The summed E-state index contributed by atoms with van der Waals surface area (Å²) in [6.45, 7) is 1.71. The first-order valence-corrected chi connectivity index (χ1v) is 9.47. The van der Waals surface area contributed by atoms with Crippen LogP contribution in [0.1, 0.15) is 23.1 Å². The van der Waals surface area contributed by atoms with Gasteiger partial charge in [0.15, 0.2) is 0 Å². The van der Waals surface area contributed by atoms with Crippen molar-refractivity contribution in [1.29, 1.82) is 0 Å². The molecule has 0 saturated heterocycles. The number of hydrogen-bond acceptors (Lipinski definition) is 6. The zero-order valence-electron chi connectivity index (χ0n) is 16.2. The maximum atomic E-state index is 10.3. The summed E-state index contributed by atoms with van der Waals surface area (Å²) in [4.78, 5) is 0. The number of aryl methyl sites for hydroxylation is 1. The van der Waals surface area contributed by atoms with Gasteiger partial charge in [-0.05, 0) is 42.2 Å². The van der Waals surface area contributed by atoms with Crippen LogP contribution in [0.25, 0.3) is 0 Å². The van der Waals surface area contributed by atoms with Crippen LogP contribution in [-0.2, 0) is 6.42 Å². The second kappa shape index (κ2) is 8.92. The van der Waals surface area contributed by atoms with Crippen molar-refractivity contribution < 1.29 is 29.9 Å². The van der Waals surface area contributed by atoms with Gasteiger partial charge in [0.1, 0.15) is 29.8 Å². The van der Waals surface area contributed by atoms with Gasteiger partial charge in [0.05, 0.1) is 13.2 Å². The third-order valence-electron chi connectivity index (χ3n) is 5.44. The van der Waals surface area contributed by atoms with Crippen LogP contribution in [0.5, 0.6) is 11.5 Å². The van der Waals surface area contributed by atoms with E-state index in [0.29, 0.717) is 12.2 Å². The maximum absolute atomic E-state index is 10.3. The molecule has 1 aliphatic carbocycles. The van der Waals surface area contributed by atoms with E-state index in [4.69, 9.17) is 9.47 Å². The fourth-order valence-electron chi connectivity index (χ4n) is 3.78. The fourth-order valence-corrected chi connectivity index (χ4v) is 3.78. The number of aliphatic hydroxyl groups excluding tert-OH is 4. The van der Waals surface area contributed by atoms with Gasteiger partial charge in [-0.2, -0.15) is 0 Å². The summed E-state index contributed by atoms with van der Waals surface area (Å²) in [6.07, 6.45) is -3.57. The predicted octanol–water partition coefficient (Wildman–Crippen LogP) is 1.44. The lowest BCUT2D eigenvalue weighted by Gasteiger charge is -2.39. The number of hydrogen-bond donors (Lipinski definition) is 4. The molecule has 2 aromatic rings. The molecule has 1 saturated carbocycles. The van der Waals surface area contributed by atoms with Gasteiger partial charge in [-0.15, -0.1) is 0 Å². The molecule has 1 aliphatic rings. The van der Waals surface area contributed by atoms with Gasteiger partial charge in [0.25, 0.3) is 0 Å². The van der Waals surface area contributed by atoms with Gasteiger partial charge in [-0.3, -0.25) is 0 Å². The largest absolute Gasteiger partial charge is 0.496 e. The van der Waals surface area contributed by atoms with Gasteiger partial charge in [-0.25, -0.2) is 0 Å². The summed E-state index contributed by atoms with van der Waals surface area (Å²) in [5, 5.41) is 39.8. The van der Waals surface area contributed by atoms with Crippen LogP contribution in [0, 0.1) is 12.8 Å². The average Bonchev–Trinajstić information content (AvgIpc) is 2.70. The summed E-state index contributed by atoms with van der Waals surface area (Å²) in [5.41, 5.74) is 3.09. The van der Waals surface area contributed by atoms with E-state index in [2.05, 4.69) is 6.07 Å². The molecule has 0 aromatic heterocycles. The van der Waals surface area contributed by atoms with Crippen molar-refractivity contribution in [3.8, 4) is 11.5 Å². The van der Waals surface area contributed by atoms with E-state index in [1.54, 1.807) is 7.11 Å². The van der Waals surface area contributed by atoms with E-state index < -0.39 is 30.3 Å². The molecule has 0 radical (unpaired) electrons. The number of benzene rings is 2. The van der Waals surface area contributed by atoms with Crippen molar-refractivity contribution in [2.75, 3.05) is 13.7 Å². The number of rotatable bonds is 6. The first-order chi connectivity index (χ1) is 13.4. The molecule has 0 bridgehead atoms. The van der Waals surface area contributed by atoms with Crippen molar-refractivity contribution in [3.63, 3.8) is 0 Å². The van der Waals surface area contributed by atoms with Crippen LogP contribution in [0.15, 0.2) is 42.5 Å². The monoisotopic (exact) mass is 388 g/mol. The second-order valence-corrected chi connectivity index (χ2v) is 7.39. The Balaban J connectivity index is 1.79. The molecular formula is C22H28O6. The summed E-state index contributed by atoms with van der Waals surface area (Å²) in [6, 6.07) is 13.5. The smallest absolute Gasteiger partial charge is 0.128 e. The molecule has 5 atom stereocenters. The Kier molecular flexibility index (Phi) is 6.57. The Bertz CT molecular complexity index is 790. The molecule has 6 heteroatoms. The van der Waals surface area contributed by atoms with Crippen LogP contribution >= 0.6 is 0 Å². The lowest BCUT2D eigenvalue weighted by atomic mass is 9.81. The normalized spacial score (nSPS) is 27.4. The first-order valence-electron chi connectivity index (χ1n) is 9.47. The Hall–Kier alpha value is -2.12. The van der Waals surface area contributed by atoms with Crippen molar-refractivity contribution >= 4 is 0 Å². The van der Waals surface area contributed by atoms with Gasteiger partial charge in [0.2, 0.25) is 0 Å². The summed E-state index contributed by atoms with van der Waals surface area (Å²) in [5.74, 6) is 0.904. The third kappa shape index (κ3) is 4.31. The topological polar surface area (TPSA) is 99.4 Å². The van der Waals surface area contributed by atoms with Gasteiger partial charge < -0.3 is 29.9 Å². The summed E-state index contributed by atoms with van der Waals surface area (Å²) >= 11 is 0. The van der Waals surface area contributed by atoms with E-state index in [-0.39, 0.29) is 13.0 Å². The number of para-hydroxylation sites is 1. The molecule has 0 heterocycles. The Labute approximate surface area is 165 Å². The van der Waals surface area contributed by atoms with Crippen LogP contribution in [0.4, 0.5) is 0 Å².